The summed E-state index contributed by atoms with van der Waals surface area (Å²) >= 11 is 0. The lowest BCUT2D eigenvalue weighted by molar-refractivity contribution is -0.131. The first kappa shape index (κ1) is 6.52. The van der Waals surface area contributed by atoms with Crippen molar-refractivity contribution in [2.24, 2.45) is 5.11 Å². The summed E-state index contributed by atoms with van der Waals surface area (Å²) in [4.78, 5) is 11.9. The van der Waals surface area contributed by atoms with E-state index < -0.39 is 5.97 Å². The molecule has 8 heavy (non-hydrogen) atoms. The maximum absolute atomic E-state index is 9.60. The van der Waals surface area contributed by atoms with Gasteiger partial charge in [-0.15, -0.1) is 0 Å². The molecular weight excluding hydrogens is 110 g/mol. The van der Waals surface area contributed by atoms with E-state index in [0.717, 1.165) is 12.3 Å². The van der Waals surface area contributed by atoms with Crippen molar-refractivity contribution in [3.05, 3.63) is 22.7 Å². The maximum Gasteiger partial charge on any atom is 0.328 e. The molecule has 0 radical (unpaired) electrons. The molecule has 0 spiro atoms. The number of carboxylic acid groups (broad SMARTS) is 1. The fourth-order valence-electron chi connectivity index (χ4n) is 0.127. The van der Waals surface area contributed by atoms with Crippen LogP contribution in [0, 0.1) is 0 Å². The Morgan fingerprint density at radius 1 is 1.88 bits per heavy atom. The van der Waals surface area contributed by atoms with Gasteiger partial charge in [0.1, 0.15) is 0 Å². The molecule has 0 saturated carbocycles. The van der Waals surface area contributed by atoms with Crippen molar-refractivity contribution in [1.29, 1.82) is 0 Å². The van der Waals surface area contributed by atoms with Crippen molar-refractivity contribution in [1.82, 2.24) is 0 Å². The molecule has 0 fully saturated rings. The van der Waals surface area contributed by atoms with Gasteiger partial charge in [0.2, 0.25) is 0 Å². The Hall–Kier alpha value is -1.48. The predicted octanol–water partition coefficient (Wildman–Crippen LogP) is 0.895. The lowest BCUT2D eigenvalue weighted by atomic mass is 10.6. The number of carbonyl (C=O) groups is 1. The minimum atomic E-state index is -1.13. The Kier molecular flexibility index (Phi) is 3.02. The second-order valence-corrected chi connectivity index (χ2v) is 0.859. The van der Waals surface area contributed by atoms with Crippen LogP contribution in [0.5, 0.6) is 0 Å². The number of hydrogen-bond donors (Lipinski definition) is 1. The van der Waals surface area contributed by atoms with E-state index in [1.807, 2.05) is 0 Å². The Labute approximate surface area is 44.9 Å². The smallest absolute Gasteiger partial charge is 0.328 e. The van der Waals surface area contributed by atoms with Crippen molar-refractivity contribution in [2.75, 3.05) is 0 Å². The third-order valence-electron chi connectivity index (χ3n) is 0.335. The molecule has 0 rings (SSSR count). The van der Waals surface area contributed by atoms with Gasteiger partial charge in [-0.1, -0.05) is 5.11 Å². The highest BCUT2D eigenvalue weighted by atomic mass is 16.4. The normalized spacial score (nSPS) is 8.50. The van der Waals surface area contributed by atoms with E-state index in [1.54, 1.807) is 0 Å². The summed E-state index contributed by atoms with van der Waals surface area (Å²) < 4.78 is 0. The van der Waals surface area contributed by atoms with Crippen LogP contribution in [0.15, 0.2) is 17.4 Å². The highest BCUT2D eigenvalue weighted by Crippen LogP contribution is 1.73. The van der Waals surface area contributed by atoms with Crippen molar-refractivity contribution in [2.45, 2.75) is 0 Å². The molecule has 0 aromatic rings. The van der Waals surface area contributed by atoms with Crippen LogP contribution in [0.2, 0.25) is 0 Å². The molecule has 0 saturated heterocycles. The average molecular weight is 113 g/mol. The SMILES string of the molecule is [N-]=[N+]=NC=CC(=O)O. The van der Waals surface area contributed by atoms with Crippen LogP contribution >= 0.6 is 0 Å². The first-order chi connectivity index (χ1) is 3.77. The number of aliphatic carboxylic acids is 1. The first-order valence-electron chi connectivity index (χ1n) is 1.71. The third kappa shape index (κ3) is 4.52. The zero-order valence-corrected chi connectivity index (χ0v) is 3.85. The van der Waals surface area contributed by atoms with Crippen LogP contribution in [-0.2, 0) is 4.79 Å². The second kappa shape index (κ2) is 3.70. The molecule has 0 aliphatic heterocycles. The Bertz CT molecular complexity index is 152. The second-order valence-electron chi connectivity index (χ2n) is 0.859. The Morgan fingerprint density at radius 3 is 2.88 bits per heavy atom. The zero-order valence-electron chi connectivity index (χ0n) is 3.85. The topological polar surface area (TPSA) is 86.1 Å². The quantitative estimate of drug-likeness (QED) is 0.249. The Balaban J connectivity index is 3.67. The summed E-state index contributed by atoms with van der Waals surface area (Å²) in [6.45, 7) is 0. The summed E-state index contributed by atoms with van der Waals surface area (Å²) in [6, 6.07) is 0. The molecule has 0 bridgehead atoms. The van der Waals surface area contributed by atoms with Crippen LogP contribution in [0.4, 0.5) is 0 Å². The molecule has 5 nitrogen and oxygen atoms in total. The van der Waals surface area contributed by atoms with E-state index in [0.29, 0.717) is 0 Å². The molecule has 0 unspecified atom stereocenters. The molecule has 0 heterocycles. The molecule has 0 aliphatic carbocycles. The van der Waals surface area contributed by atoms with Crippen molar-refractivity contribution < 1.29 is 9.90 Å². The minimum Gasteiger partial charge on any atom is -0.478 e. The fraction of sp³-hybridized carbons (Fsp3) is 0. The predicted molar refractivity (Wildman–Crippen MR) is 25.9 cm³/mol. The lowest BCUT2D eigenvalue weighted by Crippen LogP contribution is -1.83. The van der Waals surface area contributed by atoms with Crippen LogP contribution in [0.1, 0.15) is 0 Å². The minimum absolute atomic E-state index is 0.750. The third-order valence-corrected chi connectivity index (χ3v) is 0.335. The van der Waals surface area contributed by atoms with E-state index in [1.165, 1.54) is 0 Å². The van der Waals surface area contributed by atoms with Gasteiger partial charge in [-0.3, -0.25) is 0 Å². The molecule has 0 atom stereocenters. The molecule has 0 aliphatic rings. The van der Waals surface area contributed by atoms with Gasteiger partial charge in [0.15, 0.2) is 0 Å². The van der Waals surface area contributed by atoms with Gasteiger partial charge in [0, 0.05) is 17.2 Å². The summed E-state index contributed by atoms with van der Waals surface area (Å²) in [5.41, 5.74) is 7.59. The van der Waals surface area contributed by atoms with Crippen LogP contribution in [0.3, 0.4) is 0 Å². The largest absolute Gasteiger partial charge is 0.478 e. The van der Waals surface area contributed by atoms with E-state index in [9.17, 15) is 4.79 Å². The molecule has 5 heteroatoms. The van der Waals surface area contributed by atoms with Crippen molar-refractivity contribution in [3.63, 3.8) is 0 Å². The average Bonchev–Trinajstić information content (AvgIpc) is 1.66. The molecule has 0 amide bonds. The van der Waals surface area contributed by atoms with Crippen molar-refractivity contribution >= 4 is 5.97 Å². The fourth-order valence-corrected chi connectivity index (χ4v) is 0.127. The summed E-state index contributed by atoms with van der Waals surface area (Å²) in [7, 11) is 0. The molecule has 1 N–H and O–H groups in total. The number of carboxylic acids is 1. The maximum atomic E-state index is 9.60. The van der Waals surface area contributed by atoms with E-state index in [-0.39, 0.29) is 0 Å². The standard InChI is InChI=1S/C3H3N3O2/c4-6-5-2-1-3(7)8/h1-2H,(H,7,8). The highest BCUT2D eigenvalue weighted by molar-refractivity contribution is 5.79. The van der Waals surface area contributed by atoms with Gasteiger partial charge in [0.25, 0.3) is 0 Å². The van der Waals surface area contributed by atoms with Crippen LogP contribution in [-0.4, -0.2) is 11.1 Å². The molecule has 0 aromatic carbocycles. The van der Waals surface area contributed by atoms with Crippen LogP contribution < -0.4 is 0 Å². The number of hydrogen-bond acceptors (Lipinski definition) is 2. The monoisotopic (exact) mass is 113 g/mol. The van der Waals surface area contributed by atoms with Gasteiger partial charge in [-0.2, -0.15) is 0 Å². The van der Waals surface area contributed by atoms with E-state index in [4.69, 9.17) is 10.6 Å². The van der Waals surface area contributed by atoms with Gasteiger partial charge in [-0.05, 0) is 5.53 Å². The molecule has 0 aromatic heterocycles. The Morgan fingerprint density at radius 2 is 2.50 bits per heavy atom. The lowest BCUT2D eigenvalue weighted by Gasteiger charge is -1.69. The van der Waals surface area contributed by atoms with Gasteiger partial charge in [0.05, 0.1) is 0 Å². The number of nitrogens with zero attached hydrogens (tertiary/aromatic N) is 3. The van der Waals surface area contributed by atoms with Crippen molar-refractivity contribution in [3.8, 4) is 0 Å². The van der Waals surface area contributed by atoms with E-state index >= 15 is 0 Å². The number of rotatable bonds is 2. The van der Waals surface area contributed by atoms with E-state index in [2.05, 4.69) is 10.0 Å². The summed E-state index contributed by atoms with van der Waals surface area (Å²) in [5, 5.41) is 10.7. The molecular formula is C3H3N3O2. The highest BCUT2D eigenvalue weighted by Gasteiger charge is 1.78. The van der Waals surface area contributed by atoms with Gasteiger partial charge >= 0.3 is 5.97 Å². The zero-order chi connectivity index (χ0) is 6.41. The van der Waals surface area contributed by atoms with Crippen LogP contribution in [0.25, 0.3) is 10.4 Å². The number of azide groups is 1. The first-order valence-corrected chi connectivity index (χ1v) is 1.71. The summed E-state index contributed by atoms with van der Waals surface area (Å²) in [5.74, 6) is -1.13. The molecule has 42 valence electrons. The summed E-state index contributed by atoms with van der Waals surface area (Å²) in [6.07, 6.45) is 1.61. The van der Waals surface area contributed by atoms with Gasteiger partial charge < -0.3 is 5.11 Å². The van der Waals surface area contributed by atoms with Gasteiger partial charge in [-0.25, -0.2) is 4.79 Å².